The van der Waals surface area contributed by atoms with Gasteiger partial charge in [-0.15, -0.1) is 0 Å². The van der Waals surface area contributed by atoms with Crippen LogP contribution in [-0.2, 0) is 6.42 Å². The second-order valence-corrected chi connectivity index (χ2v) is 12.0. The van der Waals surface area contributed by atoms with Gasteiger partial charge in [0.1, 0.15) is 5.75 Å². The van der Waals surface area contributed by atoms with Crippen LogP contribution in [0.15, 0.2) is 30.3 Å². The SMILES string of the molecule is CCc1c2cccccc-2c(C=O)c1O[Si](C)(C)C(C)(C)C. The van der Waals surface area contributed by atoms with Crippen molar-refractivity contribution in [2.24, 2.45) is 0 Å². The monoisotopic (exact) mass is 314 g/mol. The van der Waals surface area contributed by atoms with Gasteiger partial charge in [0, 0.05) is 5.56 Å². The molecule has 0 saturated heterocycles. The lowest BCUT2D eigenvalue weighted by atomic mass is 10.1. The van der Waals surface area contributed by atoms with Crippen molar-refractivity contribution in [2.45, 2.75) is 52.2 Å². The zero-order chi connectivity index (χ0) is 16.5. The van der Waals surface area contributed by atoms with E-state index in [1.165, 1.54) is 0 Å². The van der Waals surface area contributed by atoms with E-state index in [1.54, 1.807) is 0 Å². The largest absolute Gasteiger partial charge is 0.543 e. The summed E-state index contributed by atoms with van der Waals surface area (Å²) >= 11 is 0. The highest BCUT2D eigenvalue weighted by molar-refractivity contribution is 6.74. The molecule has 2 aliphatic carbocycles. The van der Waals surface area contributed by atoms with Crippen LogP contribution in [0.5, 0.6) is 5.75 Å². The molecule has 0 aromatic heterocycles. The van der Waals surface area contributed by atoms with Gasteiger partial charge in [-0.1, -0.05) is 58.0 Å². The van der Waals surface area contributed by atoms with Gasteiger partial charge in [-0.25, -0.2) is 0 Å². The minimum absolute atomic E-state index is 0.103. The number of carbonyl (C=O) groups is 1. The molecular formula is C19H26O2Si. The Bertz CT molecular complexity index is 653. The standard InChI is InChI=1S/C19H26O2Si/c1-7-14-15-11-9-8-10-12-16(15)17(13-20)18(14)21-22(5,6)19(2,3)4/h8-13H,7H2,1-6H3. The highest BCUT2D eigenvalue weighted by Gasteiger charge is 2.40. The molecule has 0 aromatic carbocycles. The Labute approximate surface area is 135 Å². The molecule has 0 saturated carbocycles. The molecule has 22 heavy (non-hydrogen) atoms. The van der Waals surface area contributed by atoms with E-state index in [0.29, 0.717) is 5.56 Å². The van der Waals surface area contributed by atoms with E-state index in [2.05, 4.69) is 46.9 Å². The van der Waals surface area contributed by atoms with E-state index < -0.39 is 8.32 Å². The molecule has 0 bridgehead atoms. The summed E-state index contributed by atoms with van der Waals surface area (Å²) in [5, 5.41) is 0.103. The van der Waals surface area contributed by atoms with Gasteiger partial charge in [-0.3, -0.25) is 4.79 Å². The van der Waals surface area contributed by atoms with E-state index >= 15 is 0 Å². The molecule has 0 atom stereocenters. The van der Waals surface area contributed by atoms with Gasteiger partial charge >= 0.3 is 0 Å². The Balaban J connectivity index is 2.68. The third-order valence-corrected chi connectivity index (χ3v) is 9.13. The minimum Gasteiger partial charge on any atom is -0.543 e. The van der Waals surface area contributed by atoms with Crippen LogP contribution < -0.4 is 4.43 Å². The molecule has 2 rings (SSSR count). The third kappa shape index (κ3) is 2.82. The Morgan fingerprint density at radius 2 is 1.68 bits per heavy atom. The van der Waals surface area contributed by atoms with Crippen molar-refractivity contribution < 1.29 is 9.22 Å². The fourth-order valence-electron chi connectivity index (χ4n) is 2.45. The lowest BCUT2D eigenvalue weighted by Gasteiger charge is -2.36. The molecule has 0 unspecified atom stereocenters. The minimum atomic E-state index is -1.98. The van der Waals surface area contributed by atoms with E-state index in [9.17, 15) is 4.79 Å². The van der Waals surface area contributed by atoms with Crippen molar-refractivity contribution >= 4 is 14.6 Å². The van der Waals surface area contributed by atoms with Crippen molar-refractivity contribution in [3.05, 3.63) is 41.5 Å². The summed E-state index contributed by atoms with van der Waals surface area (Å²) in [6.07, 6.45) is 1.81. The Morgan fingerprint density at radius 3 is 2.18 bits per heavy atom. The van der Waals surface area contributed by atoms with Crippen LogP contribution in [0.25, 0.3) is 11.1 Å². The van der Waals surface area contributed by atoms with Gasteiger partial charge in [0.2, 0.25) is 0 Å². The van der Waals surface area contributed by atoms with Gasteiger partial charge in [0.25, 0.3) is 8.32 Å². The highest BCUT2D eigenvalue weighted by Crippen LogP contribution is 2.45. The first-order valence-electron chi connectivity index (χ1n) is 7.90. The maximum absolute atomic E-state index is 11.7. The number of hydrogen-bond donors (Lipinski definition) is 0. The van der Waals surface area contributed by atoms with Crippen molar-refractivity contribution in [3.63, 3.8) is 0 Å². The van der Waals surface area contributed by atoms with Gasteiger partial charge in [-0.2, -0.15) is 0 Å². The van der Waals surface area contributed by atoms with Gasteiger partial charge in [-0.05, 0) is 35.7 Å². The molecule has 0 aromatic rings. The van der Waals surface area contributed by atoms with Gasteiger partial charge in [0.05, 0.1) is 5.56 Å². The van der Waals surface area contributed by atoms with Gasteiger partial charge < -0.3 is 4.43 Å². The molecule has 0 aliphatic heterocycles. The molecule has 0 fully saturated rings. The smallest absolute Gasteiger partial charge is 0.250 e. The maximum Gasteiger partial charge on any atom is 0.250 e. The number of fused-ring (bicyclic) bond motifs is 1. The summed E-state index contributed by atoms with van der Waals surface area (Å²) in [6, 6.07) is 10.1. The van der Waals surface area contributed by atoms with Crippen LogP contribution in [0, 0.1) is 0 Å². The second kappa shape index (κ2) is 5.88. The number of aldehydes is 1. The predicted molar refractivity (Wildman–Crippen MR) is 95.7 cm³/mol. The zero-order valence-electron chi connectivity index (χ0n) is 14.5. The second-order valence-electron chi connectivity index (χ2n) is 7.29. The van der Waals surface area contributed by atoms with E-state index in [0.717, 1.165) is 35.1 Å². The van der Waals surface area contributed by atoms with E-state index in [1.807, 2.05) is 24.3 Å². The Hall–Kier alpha value is -1.61. The molecule has 0 spiro atoms. The van der Waals surface area contributed by atoms with Crippen molar-refractivity contribution in [3.8, 4) is 16.9 Å². The fourth-order valence-corrected chi connectivity index (χ4v) is 3.49. The molecule has 0 N–H and O–H groups in total. The van der Waals surface area contributed by atoms with Crippen LogP contribution >= 0.6 is 0 Å². The summed E-state index contributed by atoms with van der Waals surface area (Å²) in [6.45, 7) is 13.2. The quantitative estimate of drug-likeness (QED) is 0.546. The first-order valence-corrected chi connectivity index (χ1v) is 10.8. The van der Waals surface area contributed by atoms with Crippen molar-refractivity contribution in [1.29, 1.82) is 0 Å². The summed E-state index contributed by atoms with van der Waals surface area (Å²) < 4.78 is 6.53. The predicted octanol–water partition coefficient (Wildman–Crippen LogP) is 5.55. The topological polar surface area (TPSA) is 26.3 Å². The van der Waals surface area contributed by atoms with Crippen LogP contribution in [0.2, 0.25) is 18.1 Å². The summed E-state index contributed by atoms with van der Waals surface area (Å²) in [4.78, 5) is 11.7. The number of carbonyl (C=O) groups excluding carboxylic acids is 1. The summed E-state index contributed by atoms with van der Waals surface area (Å²) in [5.74, 6) is 0.810. The summed E-state index contributed by atoms with van der Waals surface area (Å²) in [7, 11) is -1.98. The zero-order valence-corrected chi connectivity index (χ0v) is 15.5. The van der Waals surface area contributed by atoms with Crippen LogP contribution in [0.4, 0.5) is 0 Å². The van der Waals surface area contributed by atoms with Crippen LogP contribution in [0.3, 0.4) is 0 Å². The molecular weight excluding hydrogens is 288 g/mol. The Morgan fingerprint density at radius 1 is 1.09 bits per heavy atom. The maximum atomic E-state index is 11.7. The first-order chi connectivity index (χ1) is 10.2. The molecule has 0 heterocycles. The molecule has 3 heteroatoms. The first kappa shape index (κ1) is 16.8. The molecule has 118 valence electrons. The fraction of sp³-hybridized carbons (Fsp3) is 0.421. The number of rotatable bonds is 4. The Kier molecular flexibility index (Phi) is 4.48. The molecule has 0 amide bonds. The van der Waals surface area contributed by atoms with Gasteiger partial charge in [0.15, 0.2) is 6.29 Å². The number of hydrogen-bond acceptors (Lipinski definition) is 2. The average molecular weight is 315 g/mol. The highest BCUT2D eigenvalue weighted by atomic mass is 28.4. The van der Waals surface area contributed by atoms with Crippen molar-refractivity contribution in [2.75, 3.05) is 0 Å². The third-order valence-electron chi connectivity index (χ3n) is 4.81. The lowest BCUT2D eigenvalue weighted by Crippen LogP contribution is -2.44. The molecule has 2 aliphatic rings. The average Bonchev–Trinajstić information content (AvgIpc) is 2.57. The van der Waals surface area contributed by atoms with E-state index in [-0.39, 0.29) is 5.04 Å². The normalized spacial score (nSPS) is 12.5. The van der Waals surface area contributed by atoms with Crippen molar-refractivity contribution in [1.82, 2.24) is 0 Å². The molecule has 0 radical (unpaired) electrons. The van der Waals surface area contributed by atoms with Crippen LogP contribution in [0.1, 0.15) is 43.6 Å². The molecule has 2 nitrogen and oxygen atoms in total. The van der Waals surface area contributed by atoms with E-state index in [4.69, 9.17) is 4.43 Å². The lowest BCUT2D eigenvalue weighted by molar-refractivity contribution is 0.112. The summed E-state index contributed by atoms with van der Waals surface area (Å²) in [5.41, 5.74) is 3.97. The van der Waals surface area contributed by atoms with Crippen LogP contribution in [-0.4, -0.2) is 14.6 Å².